The Morgan fingerprint density at radius 2 is 1.31 bits per heavy atom. The van der Waals surface area contributed by atoms with Crippen molar-refractivity contribution in [3.05, 3.63) is 82.8 Å². The molecule has 0 saturated heterocycles. The van der Waals surface area contributed by atoms with E-state index in [1.165, 1.54) is 20.3 Å². The van der Waals surface area contributed by atoms with Gasteiger partial charge in [0.25, 0.3) is 30.4 Å². The second-order valence-corrected chi connectivity index (χ2v) is 14.7. The number of benzene rings is 4. The number of carbonyl (C=O) groups is 1. The number of nitrogens with zero attached hydrogens (tertiary/aromatic N) is 3. The molecule has 0 bridgehead atoms. The summed E-state index contributed by atoms with van der Waals surface area (Å²) in [5.41, 5.74) is 14.9. The first-order valence-corrected chi connectivity index (χ1v) is 18.3. The number of nitrogens with one attached hydrogen (secondary N) is 1. The Morgan fingerprint density at radius 3 is 1.92 bits per heavy atom. The topological polar surface area (TPSA) is 300 Å². The third-order valence-corrected chi connectivity index (χ3v) is 9.90. The van der Waals surface area contributed by atoms with Crippen molar-refractivity contribution in [1.29, 1.82) is 0 Å². The molecule has 0 atom stereocenters. The molecule has 0 spiro atoms. The lowest BCUT2D eigenvalue weighted by Gasteiger charge is -2.17. The minimum atomic E-state index is -5.07. The average molecular weight is 759 g/mol. The number of nitrogen functional groups attached to an aromatic ring is 2. The van der Waals surface area contributed by atoms with Gasteiger partial charge in [0.1, 0.15) is 38.4 Å². The van der Waals surface area contributed by atoms with Crippen molar-refractivity contribution in [3.63, 3.8) is 0 Å². The maximum Gasteiger partial charge on any atom is 0.298 e. The van der Waals surface area contributed by atoms with E-state index in [-0.39, 0.29) is 51.1 Å². The van der Waals surface area contributed by atoms with E-state index in [9.17, 15) is 43.7 Å². The Hall–Kier alpha value is -5.71. The number of fused-ring (bicyclic) bond motifs is 1. The van der Waals surface area contributed by atoms with Crippen LogP contribution >= 0.6 is 0 Å². The number of carbonyl (C=O) groups excluding carboxylic acids is 1. The molecule has 21 heteroatoms. The van der Waals surface area contributed by atoms with Crippen molar-refractivity contribution < 1.29 is 53.2 Å². The van der Waals surface area contributed by atoms with Gasteiger partial charge in [-0.3, -0.25) is 23.9 Å². The van der Waals surface area contributed by atoms with Crippen molar-refractivity contribution in [2.24, 2.45) is 15.3 Å². The van der Waals surface area contributed by atoms with Crippen LogP contribution in [-0.4, -0.2) is 64.6 Å². The zero-order valence-corrected chi connectivity index (χ0v) is 28.6. The van der Waals surface area contributed by atoms with Gasteiger partial charge in [-0.2, -0.15) is 30.4 Å². The molecule has 0 saturated carbocycles. The summed E-state index contributed by atoms with van der Waals surface area (Å²) in [5.74, 6) is -0.721. The normalized spacial score (nSPS) is 14.3. The van der Waals surface area contributed by atoms with E-state index in [4.69, 9.17) is 20.9 Å². The molecule has 51 heavy (non-hydrogen) atoms. The molecule has 0 aromatic heterocycles. The molecule has 8 N–H and O–H groups in total. The third kappa shape index (κ3) is 7.72. The molecule has 18 nitrogen and oxygen atoms in total. The predicted molar refractivity (Wildman–Crippen MR) is 185 cm³/mol. The number of rotatable bonds is 10. The maximum atomic E-state index is 13.1. The molecule has 0 radical (unpaired) electrons. The van der Waals surface area contributed by atoms with Crippen LogP contribution in [0.4, 0.5) is 28.4 Å². The summed E-state index contributed by atoms with van der Waals surface area (Å²) in [7, 11) is -11.7. The number of allylic oxidation sites excluding steroid dienone is 1. The van der Waals surface area contributed by atoms with Crippen LogP contribution < -0.4 is 26.4 Å². The molecule has 4 aromatic carbocycles. The molecule has 4 aromatic rings. The minimum absolute atomic E-state index is 0.00357. The molecule has 0 fully saturated rings. The Kier molecular flexibility index (Phi) is 9.71. The van der Waals surface area contributed by atoms with Crippen LogP contribution in [0.15, 0.2) is 96.8 Å². The first kappa shape index (κ1) is 36.6. The number of nitrogens with two attached hydrogens (primary N) is 2. The number of anilines is 3. The fraction of sp³-hybridized carbons (Fsp3) is 0.0667. The van der Waals surface area contributed by atoms with Crippen molar-refractivity contribution in [1.82, 2.24) is 0 Å². The summed E-state index contributed by atoms with van der Waals surface area (Å²) in [6, 6.07) is 14.8. The van der Waals surface area contributed by atoms with Gasteiger partial charge in [-0.25, -0.2) is 0 Å². The SMILES string of the molecule is COc1cc(-c2ccc(N/N=C3\C(=O)C(S(=O)(=O)O)=Cc4cc(S(=O)(=O)O)ccc43)c(OC)c2)ccc1N=Nc1cc(S(=O)(=O)O)c(N)cc1N. The molecule has 0 unspecified atom stereocenters. The van der Waals surface area contributed by atoms with Gasteiger partial charge in [-0.1, -0.05) is 18.2 Å². The van der Waals surface area contributed by atoms with Crippen molar-refractivity contribution in [2.45, 2.75) is 9.79 Å². The summed E-state index contributed by atoms with van der Waals surface area (Å²) >= 11 is 0. The molecule has 1 aliphatic carbocycles. The molecule has 0 heterocycles. The van der Waals surface area contributed by atoms with Gasteiger partial charge in [-0.15, -0.1) is 10.2 Å². The number of ether oxygens (including phenoxy) is 2. The van der Waals surface area contributed by atoms with E-state index >= 15 is 0 Å². The molecule has 0 aliphatic heterocycles. The van der Waals surface area contributed by atoms with Crippen molar-refractivity contribution >= 4 is 76.4 Å². The van der Waals surface area contributed by atoms with Gasteiger partial charge in [0.15, 0.2) is 0 Å². The highest BCUT2D eigenvalue weighted by Gasteiger charge is 2.34. The lowest BCUT2D eigenvalue weighted by molar-refractivity contribution is -0.109. The van der Waals surface area contributed by atoms with Crippen LogP contribution in [0.3, 0.4) is 0 Å². The predicted octanol–water partition coefficient (Wildman–Crippen LogP) is 4.07. The largest absolute Gasteiger partial charge is 0.494 e. The lowest BCUT2D eigenvalue weighted by Crippen LogP contribution is -2.27. The Bertz CT molecular complexity index is 2550. The first-order valence-electron chi connectivity index (χ1n) is 14.0. The van der Waals surface area contributed by atoms with Crippen LogP contribution in [0.2, 0.25) is 0 Å². The highest BCUT2D eigenvalue weighted by atomic mass is 32.2. The second kappa shape index (κ2) is 13.5. The van der Waals surface area contributed by atoms with E-state index in [0.717, 1.165) is 36.4 Å². The van der Waals surface area contributed by atoms with Crippen LogP contribution in [0.25, 0.3) is 17.2 Å². The number of hydrogen-bond acceptors (Lipinski definition) is 15. The fourth-order valence-electron chi connectivity index (χ4n) is 4.82. The Labute approximate surface area is 290 Å². The van der Waals surface area contributed by atoms with Crippen LogP contribution in [0, 0.1) is 0 Å². The average Bonchev–Trinajstić information content (AvgIpc) is 3.05. The molecular weight excluding hydrogens is 733 g/mol. The van der Waals surface area contributed by atoms with Gasteiger partial charge in [-0.05, 0) is 71.3 Å². The number of methoxy groups -OCH3 is 2. The molecule has 266 valence electrons. The van der Waals surface area contributed by atoms with Gasteiger partial charge in [0, 0.05) is 5.56 Å². The third-order valence-electron chi connectivity index (χ3n) is 7.28. The maximum absolute atomic E-state index is 13.1. The van der Waals surface area contributed by atoms with Gasteiger partial charge in [0.05, 0.1) is 36.2 Å². The number of hydrazone groups is 1. The van der Waals surface area contributed by atoms with Gasteiger partial charge in [0.2, 0.25) is 5.78 Å². The Balaban J connectivity index is 1.46. The summed E-state index contributed by atoms with van der Waals surface area (Å²) in [4.78, 5) is 10.8. The van der Waals surface area contributed by atoms with Gasteiger partial charge >= 0.3 is 0 Å². The first-order chi connectivity index (χ1) is 23.8. The van der Waals surface area contributed by atoms with Crippen molar-refractivity contribution in [2.75, 3.05) is 31.1 Å². The van der Waals surface area contributed by atoms with Gasteiger partial charge < -0.3 is 20.9 Å². The summed E-state index contributed by atoms with van der Waals surface area (Å²) in [5, 5.41) is 12.1. The number of ketones is 1. The zero-order chi connectivity index (χ0) is 37.5. The molecule has 0 amide bonds. The monoisotopic (exact) mass is 758 g/mol. The van der Waals surface area contributed by atoms with Crippen LogP contribution in [0.1, 0.15) is 11.1 Å². The van der Waals surface area contributed by atoms with E-state index in [1.807, 2.05) is 0 Å². The van der Waals surface area contributed by atoms with Crippen LogP contribution in [-0.2, 0) is 35.1 Å². The van der Waals surface area contributed by atoms with E-state index in [0.29, 0.717) is 11.1 Å². The number of hydrogen-bond donors (Lipinski definition) is 6. The molecular formula is C30H26N6O12S3. The standard InChI is InChI=1S/C30H26N6O12S3/c1-47-25-10-15(3-7-22(25)33-35-24-14-27(50(41,42)43)21(32)13-20(24)31)16-4-8-23(26(11-16)48-2)34-36-29-19-6-5-18(49(38,39)40)9-17(19)12-28(30(29)37)51(44,45)46/h3-14,34H,31-32H2,1-2H3,(H,38,39,40)(H,41,42,43)(H,44,45,46)/b35-33?,36-29-. The van der Waals surface area contributed by atoms with E-state index in [1.54, 1.807) is 30.3 Å². The van der Waals surface area contributed by atoms with Crippen LogP contribution in [0.5, 0.6) is 11.5 Å². The zero-order valence-electron chi connectivity index (χ0n) is 26.2. The highest BCUT2D eigenvalue weighted by molar-refractivity contribution is 7.91. The van der Waals surface area contributed by atoms with Crippen molar-refractivity contribution in [3.8, 4) is 22.6 Å². The number of Topliss-reactive ketones (excluding diaryl/α,β-unsaturated/α-hetero) is 1. The summed E-state index contributed by atoms with van der Waals surface area (Å²) < 4.78 is 110. The van der Waals surface area contributed by atoms with E-state index in [2.05, 4.69) is 20.8 Å². The summed E-state index contributed by atoms with van der Waals surface area (Å²) in [6.07, 6.45) is 0.768. The smallest absolute Gasteiger partial charge is 0.298 e. The fourth-order valence-corrected chi connectivity index (χ4v) is 6.57. The second-order valence-electron chi connectivity index (χ2n) is 10.5. The number of azo groups is 1. The highest BCUT2D eigenvalue weighted by Crippen LogP contribution is 2.38. The minimum Gasteiger partial charge on any atom is -0.494 e. The Morgan fingerprint density at radius 1 is 0.686 bits per heavy atom. The van der Waals surface area contributed by atoms with E-state index < -0.39 is 56.5 Å². The summed E-state index contributed by atoms with van der Waals surface area (Å²) in [6.45, 7) is 0. The lowest BCUT2D eigenvalue weighted by atomic mass is 9.94. The molecule has 5 rings (SSSR count). The quantitative estimate of drug-likeness (QED) is 0.0575. The molecule has 1 aliphatic rings.